The molecule has 0 heterocycles. The maximum atomic E-state index is 13.9. The molecule has 0 spiro atoms. The molecule has 370 valence electrons. The number of benzene rings is 2. The second kappa shape index (κ2) is 33.1. The number of unbranched alkanes of at least 4 members (excludes halogenated alkanes) is 1. The smallest absolute Gasteiger partial charge is 0.326 e. The van der Waals surface area contributed by atoms with Gasteiger partial charge in [-0.15, -0.1) is 0 Å². The SMILES string of the molecule is CC.CC(C)C[C@@H](N)C(=O)N[C@H](CCCN)C(=O)N[C@@H](CCCCNC(=O)[C@@H](CCCN)NC(=O)[C@@H](CC(C)C)NC(=O)[C@@H](Cc1ccccc1)NC(=O)[C@H](N)Cc1ccccc1)C(=O)O. The van der Waals surface area contributed by atoms with Crippen LogP contribution in [0.25, 0.3) is 0 Å². The second-order valence-corrected chi connectivity index (χ2v) is 17.1. The summed E-state index contributed by atoms with van der Waals surface area (Å²) in [6.07, 6.45) is 2.94. The molecule has 0 saturated heterocycles. The van der Waals surface area contributed by atoms with Gasteiger partial charge in [-0.25, -0.2) is 4.79 Å². The van der Waals surface area contributed by atoms with Crippen LogP contribution in [-0.4, -0.2) is 108 Å². The Kier molecular flexibility index (Phi) is 29.4. The number of rotatable bonds is 31. The van der Waals surface area contributed by atoms with Crippen molar-refractivity contribution in [3.05, 3.63) is 71.8 Å². The van der Waals surface area contributed by atoms with Crippen molar-refractivity contribution in [1.29, 1.82) is 0 Å². The Hall–Kier alpha value is -5.43. The van der Waals surface area contributed by atoms with Gasteiger partial charge in [0.1, 0.15) is 30.2 Å². The monoisotopic (exact) mass is 925 g/mol. The highest BCUT2D eigenvalue weighted by Crippen LogP contribution is 2.11. The van der Waals surface area contributed by atoms with Crippen LogP contribution in [0.3, 0.4) is 0 Å². The summed E-state index contributed by atoms with van der Waals surface area (Å²) in [6, 6.07) is 11.2. The van der Waals surface area contributed by atoms with Crippen LogP contribution in [0.5, 0.6) is 0 Å². The van der Waals surface area contributed by atoms with Gasteiger partial charge in [0.25, 0.3) is 0 Å². The molecule has 6 amide bonds. The van der Waals surface area contributed by atoms with Crippen molar-refractivity contribution in [2.24, 2.45) is 34.8 Å². The number of amides is 6. The Morgan fingerprint density at radius 2 is 0.894 bits per heavy atom. The van der Waals surface area contributed by atoms with Crippen LogP contribution in [0.4, 0.5) is 0 Å². The normalized spacial score (nSPS) is 14.2. The van der Waals surface area contributed by atoms with Gasteiger partial charge >= 0.3 is 5.97 Å². The van der Waals surface area contributed by atoms with Crippen molar-refractivity contribution in [2.45, 2.75) is 154 Å². The number of hydrogen-bond donors (Lipinski definition) is 11. The minimum Gasteiger partial charge on any atom is -0.480 e. The van der Waals surface area contributed by atoms with Crippen LogP contribution in [0.2, 0.25) is 0 Å². The van der Waals surface area contributed by atoms with Crippen molar-refractivity contribution < 1.29 is 38.7 Å². The van der Waals surface area contributed by atoms with Crippen molar-refractivity contribution in [1.82, 2.24) is 31.9 Å². The van der Waals surface area contributed by atoms with E-state index in [1.807, 2.05) is 102 Å². The molecule has 2 aromatic rings. The topological polar surface area (TPSA) is 316 Å². The highest BCUT2D eigenvalue weighted by Gasteiger charge is 2.32. The van der Waals surface area contributed by atoms with E-state index < -0.39 is 83.7 Å². The Morgan fingerprint density at radius 1 is 0.485 bits per heavy atom. The first-order chi connectivity index (χ1) is 31.4. The molecule has 18 heteroatoms. The third-order valence-corrected chi connectivity index (χ3v) is 10.4. The molecule has 7 atom stereocenters. The molecule has 0 saturated carbocycles. The molecule has 0 aromatic heterocycles. The van der Waals surface area contributed by atoms with E-state index in [-0.39, 0.29) is 70.0 Å². The van der Waals surface area contributed by atoms with E-state index in [0.29, 0.717) is 32.1 Å². The van der Waals surface area contributed by atoms with Crippen LogP contribution in [0.1, 0.15) is 110 Å². The van der Waals surface area contributed by atoms with Crippen LogP contribution < -0.4 is 54.8 Å². The number of carbonyl (C=O) groups excluding carboxylic acids is 6. The van der Waals surface area contributed by atoms with E-state index in [4.69, 9.17) is 22.9 Å². The first-order valence-electron chi connectivity index (χ1n) is 23.5. The predicted molar refractivity (Wildman–Crippen MR) is 257 cm³/mol. The lowest BCUT2D eigenvalue weighted by molar-refractivity contribution is -0.142. The van der Waals surface area contributed by atoms with Crippen molar-refractivity contribution in [3.63, 3.8) is 0 Å². The Balaban J connectivity index is 0.0000107. The zero-order valence-electron chi connectivity index (χ0n) is 40.0. The van der Waals surface area contributed by atoms with Gasteiger partial charge in [-0.2, -0.15) is 0 Å². The molecule has 0 unspecified atom stereocenters. The Morgan fingerprint density at radius 3 is 1.41 bits per heavy atom. The molecule has 0 aliphatic heterocycles. The average Bonchev–Trinajstić information content (AvgIpc) is 3.28. The Labute approximate surface area is 391 Å². The van der Waals surface area contributed by atoms with Gasteiger partial charge in [0.05, 0.1) is 12.1 Å². The summed E-state index contributed by atoms with van der Waals surface area (Å²) in [7, 11) is 0. The fourth-order valence-corrected chi connectivity index (χ4v) is 6.96. The summed E-state index contributed by atoms with van der Waals surface area (Å²) in [5.41, 5.74) is 25.3. The Bertz CT molecular complexity index is 1750. The van der Waals surface area contributed by atoms with Crippen molar-refractivity contribution >= 4 is 41.4 Å². The molecule has 18 nitrogen and oxygen atoms in total. The molecule has 0 fully saturated rings. The van der Waals surface area contributed by atoms with Gasteiger partial charge < -0.3 is 59.9 Å². The quantitative estimate of drug-likeness (QED) is 0.0480. The molecule has 0 aliphatic carbocycles. The standard InChI is InChI=1S/C46H74N10O8.C2H6/c1-29(2)25-33(49)40(57)52-36(21-14-23-48)43(60)54-37(46(63)64)19-11-12-24-51-42(59)35(20-13-22-47)53-44(61)38(26-30(3)4)56-45(62)39(28-32-17-9-6-10-18-32)55-41(58)34(50)27-31-15-7-5-8-16-31;1-2/h5-10,15-18,29-30,33-39H,11-14,19-28,47-50H2,1-4H3,(H,51,59)(H,52,57)(H,53,61)(H,54,60)(H,55,58)(H,56,62)(H,63,64);1-2H3/t33-,34-,35-,36-,37+,38-,39-;/m1./s1. The molecule has 66 heavy (non-hydrogen) atoms. The minimum atomic E-state index is -1.26. The largest absolute Gasteiger partial charge is 0.480 e. The first-order valence-corrected chi connectivity index (χ1v) is 23.5. The van der Waals surface area contributed by atoms with E-state index in [1.165, 1.54) is 0 Å². The summed E-state index contributed by atoms with van der Waals surface area (Å²) < 4.78 is 0. The lowest BCUT2D eigenvalue weighted by Gasteiger charge is -2.27. The summed E-state index contributed by atoms with van der Waals surface area (Å²) in [5.74, 6) is -4.52. The maximum Gasteiger partial charge on any atom is 0.326 e. The van der Waals surface area contributed by atoms with Crippen molar-refractivity contribution in [2.75, 3.05) is 19.6 Å². The lowest BCUT2D eigenvalue weighted by atomic mass is 10.00. The number of carboxylic acid groups (broad SMARTS) is 1. The summed E-state index contributed by atoms with van der Waals surface area (Å²) >= 11 is 0. The maximum absolute atomic E-state index is 13.9. The van der Waals surface area contributed by atoms with Gasteiger partial charge in [-0.3, -0.25) is 28.8 Å². The van der Waals surface area contributed by atoms with Crippen LogP contribution >= 0.6 is 0 Å². The van der Waals surface area contributed by atoms with Gasteiger partial charge in [-0.1, -0.05) is 102 Å². The molecule has 2 rings (SSSR count). The van der Waals surface area contributed by atoms with E-state index in [2.05, 4.69) is 31.9 Å². The highest BCUT2D eigenvalue weighted by atomic mass is 16.4. The van der Waals surface area contributed by atoms with E-state index >= 15 is 0 Å². The third kappa shape index (κ3) is 23.7. The predicted octanol–water partition coefficient (Wildman–Crippen LogP) is 1.52. The molecule has 0 bridgehead atoms. The van der Waals surface area contributed by atoms with E-state index in [1.54, 1.807) is 0 Å². The van der Waals surface area contributed by atoms with Gasteiger partial charge in [0.2, 0.25) is 35.4 Å². The molecule has 0 aliphatic rings. The number of carbonyl (C=O) groups is 7. The number of nitrogens with one attached hydrogen (secondary N) is 6. The van der Waals surface area contributed by atoms with Crippen LogP contribution in [-0.2, 0) is 46.4 Å². The van der Waals surface area contributed by atoms with Crippen LogP contribution in [0.15, 0.2) is 60.7 Å². The summed E-state index contributed by atoms with van der Waals surface area (Å²) in [6.45, 7) is 12.3. The van der Waals surface area contributed by atoms with E-state index in [0.717, 1.165) is 11.1 Å². The van der Waals surface area contributed by atoms with Gasteiger partial charge in [0.15, 0.2) is 0 Å². The van der Waals surface area contributed by atoms with Gasteiger partial charge in [0, 0.05) is 13.0 Å². The number of carboxylic acids is 1. The molecule has 2 aromatic carbocycles. The van der Waals surface area contributed by atoms with Crippen LogP contribution in [0, 0.1) is 11.8 Å². The molecule has 0 radical (unpaired) electrons. The zero-order valence-corrected chi connectivity index (χ0v) is 40.0. The number of aliphatic carboxylic acids is 1. The summed E-state index contributed by atoms with van der Waals surface area (Å²) in [4.78, 5) is 92.6. The first kappa shape index (κ1) is 58.6. The second-order valence-electron chi connectivity index (χ2n) is 17.1. The lowest BCUT2D eigenvalue weighted by Crippen LogP contribution is -2.58. The summed E-state index contributed by atoms with van der Waals surface area (Å²) in [5, 5.41) is 26.2. The molecule has 15 N–H and O–H groups in total. The minimum absolute atomic E-state index is 0.0377. The van der Waals surface area contributed by atoms with Gasteiger partial charge in [-0.05, 0) is 100 Å². The van der Waals surface area contributed by atoms with Crippen molar-refractivity contribution in [3.8, 4) is 0 Å². The highest BCUT2D eigenvalue weighted by molar-refractivity contribution is 5.95. The third-order valence-electron chi connectivity index (χ3n) is 10.4. The molecular weight excluding hydrogens is 845 g/mol. The number of nitrogens with two attached hydrogens (primary N) is 4. The van der Waals surface area contributed by atoms with E-state index in [9.17, 15) is 38.7 Å². The average molecular weight is 925 g/mol. The fourth-order valence-electron chi connectivity index (χ4n) is 6.96. The zero-order chi connectivity index (χ0) is 49.6. The molecular formula is C48H80N10O8. The fraction of sp³-hybridized carbons (Fsp3) is 0.604. The number of hydrogen-bond acceptors (Lipinski definition) is 11.